The predicted molar refractivity (Wildman–Crippen MR) is 61.6 cm³/mol. The first-order valence-electron chi connectivity index (χ1n) is 4.78. The summed E-state index contributed by atoms with van der Waals surface area (Å²) in [6.07, 6.45) is 2.57. The highest BCUT2D eigenvalue weighted by Crippen LogP contribution is 2.26. The molecule has 0 aliphatic carbocycles. The minimum Gasteiger partial charge on any atom is -0.387 e. The van der Waals surface area contributed by atoms with Gasteiger partial charge in [-0.3, -0.25) is 0 Å². The molecule has 1 N–H and O–H groups in total. The summed E-state index contributed by atoms with van der Waals surface area (Å²) < 4.78 is 0. The molecule has 1 aromatic carbocycles. The van der Waals surface area contributed by atoms with E-state index in [1.807, 2.05) is 18.8 Å². The van der Waals surface area contributed by atoms with Gasteiger partial charge in [0, 0.05) is 17.6 Å². The number of nitrogens with one attached hydrogen (secondary N) is 1. The van der Waals surface area contributed by atoms with Crippen LogP contribution in [0.25, 0.3) is 0 Å². The molecule has 0 aliphatic rings. The first-order chi connectivity index (χ1) is 6.38. The van der Waals surface area contributed by atoms with Crippen molar-refractivity contribution in [3.8, 4) is 0 Å². The van der Waals surface area contributed by atoms with E-state index in [2.05, 4.69) is 36.5 Å². The third kappa shape index (κ3) is 3.31. The molecule has 0 unspecified atom stereocenters. The SMILES string of the molecule is CCCCSc1ccccc1NC. The molecule has 1 rings (SSSR count). The summed E-state index contributed by atoms with van der Waals surface area (Å²) in [6, 6.07) is 8.45. The number of benzene rings is 1. The van der Waals surface area contributed by atoms with Gasteiger partial charge in [0.15, 0.2) is 0 Å². The molecule has 0 atom stereocenters. The lowest BCUT2D eigenvalue weighted by Gasteiger charge is -2.07. The third-order valence-electron chi connectivity index (χ3n) is 1.91. The standard InChI is InChI=1S/C11H17NS/c1-3-4-9-13-11-8-6-5-7-10(11)12-2/h5-8,12H,3-4,9H2,1-2H3. The minimum absolute atomic E-state index is 1.22. The Kier molecular flexibility index (Phi) is 4.76. The molecular weight excluding hydrogens is 178 g/mol. The fourth-order valence-corrected chi connectivity index (χ4v) is 2.28. The Morgan fingerprint density at radius 3 is 2.77 bits per heavy atom. The maximum atomic E-state index is 3.20. The van der Waals surface area contributed by atoms with Gasteiger partial charge in [0.25, 0.3) is 0 Å². The van der Waals surface area contributed by atoms with Crippen molar-refractivity contribution in [3.05, 3.63) is 24.3 Å². The summed E-state index contributed by atoms with van der Waals surface area (Å²) in [6.45, 7) is 2.23. The van der Waals surface area contributed by atoms with Gasteiger partial charge in [-0.15, -0.1) is 11.8 Å². The topological polar surface area (TPSA) is 12.0 Å². The summed E-state index contributed by atoms with van der Waals surface area (Å²) in [5, 5.41) is 3.20. The lowest BCUT2D eigenvalue weighted by atomic mass is 10.3. The van der Waals surface area contributed by atoms with Crippen LogP contribution in [0, 0.1) is 0 Å². The molecule has 72 valence electrons. The highest BCUT2D eigenvalue weighted by atomic mass is 32.2. The summed E-state index contributed by atoms with van der Waals surface area (Å²) in [5.41, 5.74) is 1.24. The molecule has 0 fully saturated rings. The maximum absolute atomic E-state index is 3.20. The smallest absolute Gasteiger partial charge is 0.0475 e. The van der Waals surface area contributed by atoms with Gasteiger partial charge in [0.1, 0.15) is 0 Å². The Morgan fingerprint density at radius 2 is 2.08 bits per heavy atom. The number of hydrogen-bond acceptors (Lipinski definition) is 2. The number of para-hydroxylation sites is 1. The van der Waals surface area contributed by atoms with Gasteiger partial charge >= 0.3 is 0 Å². The van der Waals surface area contributed by atoms with Crippen molar-refractivity contribution >= 4 is 17.4 Å². The number of thioether (sulfide) groups is 1. The molecule has 13 heavy (non-hydrogen) atoms. The van der Waals surface area contributed by atoms with Crippen LogP contribution in [0.15, 0.2) is 29.2 Å². The van der Waals surface area contributed by atoms with E-state index in [9.17, 15) is 0 Å². The molecule has 1 nitrogen and oxygen atoms in total. The summed E-state index contributed by atoms with van der Waals surface area (Å²) >= 11 is 1.93. The van der Waals surface area contributed by atoms with Crippen molar-refractivity contribution in [1.82, 2.24) is 0 Å². The van der Waals surface area contributed by atoms with E-state index in [4.69, 9.17) is 0 Å². The molecule has 0 heterocycles. The summed E-state index contributed by atoms with van der Waals surface area (Å²) in [5.74, 6) is 1.22. The molecule has 0 bridgehead atoms. The Hall–Kier alpha value is -0.630. The molecule has 0 amide bonds. The van der Waals surface area contributed by atoms with Crippen LogP contribution in [0.5, 0.6) is 0 Å². The lowest BCUT2D eigenvalue weighted by molar-refractivity contribution is 0.896. The first kappa shape index (κ1) is 10.5. The highest BCUT2D eigenvalue weighted by Gasteiger charge is 1.98. The Bertz CT molecular complexity index is 248. The number of rotatable bonds is 5. The normalized spacial score (nSPS) is 10.0. The first-order valence-corrected chi connectivity index (χ1v) is 5.76. The fraction of sp³-hybridized carbons (Fsp3) is 0.455. The molecule has 1 aromatic rings. The molecule has 0 aromatic heterocycles. The van der Waals surface area contributed by atoms with Gasteiger partial charge in [-0.25, -0.2) is 0 Å². The van der Waals surface area contributed by atoms with Gasteiger partial charge in [-0.1, -0.05) is 25.5 Å². The Labute approximate surface area is 84.9 Å². The van der Waals surface area contributed by atoms with Gasteiger partial charge < -0.3 is 5.32 Å². The largest absolute Gasteiger partial charge is 0.387 e. The van der Waals surface area contributed by atoms with Crippen molar-refractivity contribution in [2.24, 2.45) is 0 Å². The molecule has 0 radical (unpaired) electrons. The predicted octanol–water partition coefficient (Wildman–Crippen LogP) is 3.62. The zero-order valence-corrected chi connectivity index (χ0v) is 9.16. The van der Waals surface area contributed by atoms with Crippen LogP contribution < -0.4 is 5.32 Å². The zero-order valence-electron chi connectivity index (χ0n) is 8.34. The van der Waals surface area contributed by atoms with E-state index in [0.717, 1.165) is 0 Å². The number of anilines is 1. The molecule has 0 saturated heterocycles. The van der Waals surface area contributed by atoms with E-state index in [1.54, 1.807) is 0 Å². The van der Waals surface area contributed by atoms with E-state index in [1.165, 1.54) is 29.2 Å². The highest BCUT2D eigenvalue weighted by molar-refractivity contribution is 7.99. The van der Waals surface area contributed by atoms with Crippen molar-refractivity contribution in [2.75, 3.05) is 18.1 Å². The van der Waals surface area contributed by atoms with Crippen LogP contribution in [0.3, 0.4) is 0 Å². The van der Waals surface area contributed by atoms with Crippen LogP contribution in [0.1, 0.15) is 19.8 Å². The van der Waals surface area contributed by atoms with E-state index >= 15 is 0 Å². The number of unbranched alkanes of at least 4 members (excludes halogenated alkanes) is 1. The van der Waals surface area contributed by atoms with E-state index in [0.29, 0.717) is 0 Å². The summed E-state index contributed by atoms with van der Waals surface area (Å²) in [4.78, 5) is 1.36. The maximum Gasteiger partial charge on any atom is 0.0475 e. The molecule has 2 heteroatoms. The van der Waals surface area contributed by atoms with Crippen LogP contribution >= 0.6 is 11.8 Å². The average molecular weight is 195 g/mol. The molecular formula is C11H17NS. The van der Waals surface area contributed by atoms with Gasteiger partial charge in [-0.05, 0) is 24.3 Å². The van der Waals surface area contributed by atoms with Gasteiger partial charge in [0.2, 0.25) is 0 Å². The van der Waals surface area contributed by atoms with Crippen LogP contribution in [0.2, 0.25) is 0 Å². The second-order valence-electron chi connectivity index (χ2n) is 2.95. The van der Waals surface area contributed by atoms with Crippen LogP contribution in [0.4, 0.5) is 5.69 Å². The Morgan fingerprint density at radius 1 is 1.31 bits per heavy atom. The van der Waals surface area contributed by atoms with Crippen LogP contribution in [-0.2, 0) is 0 Å². The van der Waals surface area contributed by atoms with Crippen LogP contribution in [-0.4, -0.2) is 12.8 Å². The monoisotopic (exact) mass is 195 g/mol. The molecule has 0 saturated carbocycles. The molecule has 0 aliphatic heterocycles. The zero-order chi connectivity index (χ0) is 9.52. The lowest BCUT2D eigenvalue weighted by Crippen LogP contribution is -1.90. The van der Waals surface area contributed by atoms with Crippen molar-refractivity contribution in [1.29, 1.82) is 0 Å². The third-order valence-corrected chi connectivity index (χ3v) is 3.07. The minimum atomic E-state index is 1.22. The Balaban J connectivity index is 2.54. The van der Waals surface area contributed by atoms with E-state index in [-0.39, 0.29) is 0 Å². The van der Waals surface area contributed by atoms with Crippen molar-refractivity contribution in [3.63, 3.8) is 0 Å². The molecule has 0 spiro atoms. The average Bonchev–Trinajstić information content (AvgIpc) is 2.19. The van der Waals surface area contributed by atoms with Crippen molar-refractivity contribution in [2.45, 2.75) is 24.7 Å². The number of hydrogen-bond donors (Lipinski definition) is 1. The van der Waals surface area contributed by atoms with Gasteiger partial charge in [-0.2, -0.15) is 0 Å². The van der Waals surface area contributed by atoms with Gasteiger partial charge in [0.05, 0.1) is 0 Å². The van der Waals surface area contributed by atoms with E-state index < -0.39 is 0 Å². The quantitative estimate of drug-likeness (QED) is 0.569. The second kappa shape index (κ2) is 5.92. The second-order valence-corrected chi connectivity index (χ2v) is 4.08. The van der Waals surface area contributed by atoms with Crippen molar-refractivity contribution < 1.29 is 0 Å². The fourth-order valence-electron chi connectivity index (χ4n) is 1.13. The summed E-state index contributed by atoms with van der Waals surface area (Å²) in [7, 11) is 1.97.